The van der Waals surface area contributed by atoms with E-state index in [1.54, 1.807) is 17.0 Å². The minimum Gasteiger partial charge on any atom is -0.435 e. The molecule has 1 aromatic heterocycles. The first kappa shape index (κ1) is 25.0. The van der Waals surface area contributed by atoms with E-state index in [4.69, 9.17) is 0 Å². The molecule has 1 aliphatic carbocycles. The van der Waals surface area contributed by atoms with E-state index in [1.807, 2.05) is 20.8 Å². The van der Waals surface area contributed by atoms with Gasteiger partial charge in [-0.1, -0.05) is 6.07 Å². The maximum Gasteiger partial charge on any atom is 0.514 e. The van der Waals surface area contributed by atoms with Crippen LogP contribution in [0.2, 0.25) is 0 Å². The van der Waals surface area contributed by atoms with Crippen LogP contribution in [0.25, 0.3) is 0 Å². The summed E-state index contributed by atoms with van der Waals surface area (Å²) in [5.41, 5.74) is 2.55. The number of benzene rings is 1. The quantitative estimate of drug-likeness (QED) is 0.648. The van der Waals surface area contributed by atoms with Crippen molar-refractivity contribution in [3.05, 3.63) is 62.3 Å². The first-order valence-electron chi connectivity index (χ1n) is 12.3. The van der Waals surface area contributed by atoms with Crippen LogP contribution in [0.4, 0.5) is 9.18 Å². The smallest absolute Gasteiger partial charge is 0.435 e. The fourth-order valence-electron chi connectivity index (χ4n) is 5.48. The molecule has 0 radical (unpaired) electrons. The summed E-state index contributed by atoms with van der Waals surface area (Å²) in [5, 5.41) is 16.8. The van der Waals surface area contributed by atoms with Crippen molar-refractivity contribution in [3.63, 3.8) is 0 Å². The highest BCUT2D eigenvalue weighted by Gasteiger charge is 2.48. The molecular formula is C26H34FN4O4+. The molecule has 1 fully saturated rings. The third-order valence-corrected chi connectivity index (χ3v) is 7.67. The third kappa shape index (κ3) is 4.74. The molecule has 9 heteroatoms. The van der Waals surface area contributed by atoms with Crippen molar-refractivity contribution in [2.24, 2.45) is 0 Å². The highest BCUT2D eigenvalue weighted by molar-refractivity contribution is 5.94. The molecule has 2 N–H and O–H groups in total. The lowest BCUT2D eigenvalue weighted by Crippen LogP contribution is -2.64. The Balaban J connectivity index is 1.57. The Morgan fingerprint density at radius 3 is 2.51 bits per heavy atom. The van der Waals surface area contributed by atoms with Gasteiger partial charge in [0.05, 0.1) is 24.3 Å². The standard InChI is InChI=1S/C26H33FN4O4/c1-26(2,3)31(25(34)35)13-6-11-30(12-14-31)24(33)20-15-17(9-10-21(20)27)16-22-18-7-4-5-8-19(18)23(32)29-28-22/h9-10,15H,4-8,11-14,16H2,1-3H3,(H-,29,32,34,35)/p+1. The van der Waals surface area contributed by atoms with Crippen LogP contribution in [0.15, 0.2) is 23.0 Å². The van der Waals surface area contributed by atoms with E-state index in [9.17, 15) is 23.9 Å². The first-order chi connectivity index (χ1) is 16.5. The van der Waals surface area contributed by atoms with Gasteiger partial charge < -0.3 is 10.0 Å². The van der Waals surface area contributed by atoms with Gasteiger partial charge >= 0.3 is 6.09 Å². The van der Waals surface area contributed by atoms with E-state index in [1.165, 1.54) is 6.07 Å². The Morgan fingerprint density at radius 1 is 1.11 bits per heavy atom. The number of amides is 2. The summed E-state index contributed by atoms with van der Waals surface area (Å²) in [6.07, 6.45) is 3.50. The molecule has 1 aromatic carbocycles. The summed E-state index contributed by atoms with van der Waals surface area (Å²) in [5.74, 6) is -1.03. The molecule has 1 atom stereocenters. The van der Waals surface area contributed by atoms with Crippen LogP contribution in [0.1, 0.15) is 72.8 Å². The summed E-state index contributed by atoms with van der Waals surface area (Å²) in [4.78, 5) is 39.3. The van der Waals surface area contributed by atoms with Crippen molar-refractivity contribution in [3.8, 4) is 0 Å². The van der Waals surface area contributed by atoms with Crippen LogP contribution in [0.3, 0.4) is 0 Å². The Morgan fingerprint density at radius 2 is 1.83 bits per heavy atom. The number of hydrogen-bond acceptors (Lipinski definition) is 4. The molecule has 2 amide bonds. The molecule has 0 saturated carbocycles. The number of carboxylic acid groups (broad SMARTS) is 1. The lowest BCUT2D eigenvalue weighted by molar-refractivity contribution is -0.901. The summed E-state index contributed by atoms with van der Waals surface area (Å²) in [7, 11) is 0. The van der Waals surface area contributed by atoms with E-state index in [0.29, 0.717) is 25.9 Å². The van der Waals surface area contributed by atoms with Gasteiger partial charge in [-0.2, -0.15) is 9.89 Å². The van der Waals surface area contributed by atoms with Crippen LogP contribution in [0, 0.1) is 5.82 Å². The van der Waals surface area contributed by atoms with Crippen molar-refractivity contribution in [1.29, 1.82) is 0 Å². The zero-order valence-electron chi connectivity index (χ0n) is 20.7. The summed E-state index contributed by atoms with van der Waals surface area (Å²) in [6.45, 7) is 6.97. The summed E-state index contributed by atoms with van der Waals surface area (Å²) >= 11 is 0. The number of hydrogen-bond donors (Lipinski definition) is 2. The summed E-state index contributed by atoms with van der Waals surface area (Å²) < 4.78 is 14.7. The van der Waals surface area contributed by atoms with Gasteiger partial charge in [0.2, 0.25) is 0 Å². The number of aromatic nitrogens is 2. The van der Waals surface area contributed by atoms with Gasteiger partial charge in [0, 0.05) is 24.9 Å². The molecule has 0 spiro atoms. The van der Waals surface area contributed by atoms with Crippen molar-refractivity contribution >= 4 is 12.0 Å². The van der Waals surface area contributed by atoms with Crippen LogP contribution in [0.5, 0.6) is 0 Å². The highest BCUT2D eigenvalue weighted by Crippen LogP contribution is 2.29. The van der Waals surface area contributed by atoms with Crippen LogP contribution in [-0.4, -0.2) is 68.4 Å². The maximum atomic E-state index is 14.8. The second-order valence-electron chi connectivity index (χ2n) is 10.7. The minimum absolute atomic E-state index is 0.0214. The predicted molar refractivity (Wildman–Crippen MR) is 129 cm³/mol. The van der Waals surface area contributed by atoms with Crippen LogP contribution < -0.4 is 5.56 Å². The SMILES string of the molecule is CC(C)(C)[N+]1(C(=O)O)CCCN(C(=O)c2cc(Cc3n[nH]c(=O)c4c3CCCC4)ccc2F)CC1. The zero-order chi connectivity index (χ0) is 25.4. The molecular weight excluding hydrogens is 451 g/mol. The van der Waals surface area contributed by atoms with Crippen molar-refractivity contribution < 1.29 is 23.6 Å². The summed E-state index contributed by atoms with van der Waals surface area (Å²) in [6, 6.07) is 4.50. The van der Waals surface area contributed by atoms with Gasteiger partial charge in [0.1, 0.15) is 17.9 Å². The van der Waals surface area contributed by atoms with Gasteiger partial charge in [0.25, 0.3) is 11.5 Å². The molecule has 4 rings (SSSR count). The largest absolute Gasteiger partial charge is 0.514 e. The lowest BCUT2D eigenvalue weighted by atomic mass is 9.90. The molecule has 8 nitrogen and oxygen atoms in total. The van der Waals surface area contributed by atoms with Crippen LogP contribution >= 0.6 is 0 Å². The Labute approximate surface area is 204 Å². The maximum absolute atomic E-state index is 14.8. The Bertz CT molecular complexity index is 1200. The van der Waals surface area contributed by atoms with Crippen molar-refractivity contribution in [1.82, 2.24) is 15.1 Å². The molecule has 35 heavy (non-hydrogen) atoms. The normalized spacial score (nSPS) is 20.7. The third-order valence-electron chi connectivity index (χ3n) is 7.67. The van der Waals surface area contributed by atoms with Gasteiger partial charge in [0.15, 0.2) is 0 Å². The average Bonchev–Trinajstić information content (AvgIpc) is 3.06. The van der Waals surface area contributed by atoms with E-state index in [0.717, 1.165) is 48.1 Å². The van der Waals surface area contributed by atoms with Gasteiger partial charge in [-0.05, 0) is 69.7 Å². The van der Waals surface area contributed by atoms with Crippen LogP contribution in [-0.2, 0) is 19.3 Å². The topological polar surface area (TPSA) is 103 Å². The molecule has 1 unspecified atom stereocenters. The molecule has 2 heterocycles. The minimum atomic E-state index is -0.906. The lowest BCUT2D eigenvalue weighted by Gasteiger charge is -2.42. The van der Waals surface area contributed by atoms with E-state index in [-0.39, 0.29) is 28.7 Å². The Hall–Kier alpha value is -3.07. The van der Waals surface area contributed by atoms with Gasteiger partial charge in [-0.3, -0.25) is 9.59 Å². The fourth-order valence-corrected chi connectivity index (χ4v) is 5.48. The number of quaternary nitrogens is 1. The number of nitrogens with one attached hydrogen (secondary N) is 1. The van der Waals surface area contributed by atoms with E-state index in [2.05, 4.69) is 10.2 Å². The number of rotatable bonds is 3. The molecule has 2 aromatic rings. The average molecular weight is 486 g/mol. The molecule has 188 valence electrons. The molecule has 0 bridgehead atoms. The number of aromatic amines is 1. The van der Waals surface area contributed by atoms with Crippen molar-refractivity contribution in [2.45, 2.75) is 64.8 Å². The molecule has 2 aliphatic rings. The van der Waals surface area contributed by atoms with Gasteiger partial charge in [-0.25, -0.2) is 14.0 Å². The number of fused-ring (bicyclic) bond motifs is 1. The zero-order valence-corrected chi connectivity index (χ0v) is 20.7. The van der Waals surface area contributed by atoms with Gasteiger partial charge in [-0.15, -0.1) is 0 Å². The first-order valence-corrected chi connectivity index (χ1v) is 12.3. The number of carbonyl (C=O) groups is 2. The van der Waals surface area contributed by atoms with Crippen molar-refractivity contribution in [2.75, 3.05) is 26.2 Å². The molecule has 1 aliphatic heterocycles. The second-order valence-corrected chi connectivity index (χ2v) is 10.7. The fraction of sp³-hybridized carbons (Fsp3) is 0.538. The molecule has 1 saturated heterocycles. The van der Waals surface area contributed by atoms with E-state index < -0.39 is 23.4 Å². The number of H-pyrrole nitrogens is 1. The predicted octanol–water partition coefficient (Wildman–Crippen LogP) is 3.52. The van der Waals surface area contributed by atoms with E-state index >= 15 is 0 Å². The number of nitrogens with zero attached hydrogens (tertiary/aromatic N) is 3. The second kappa shape index (κ2) is 9.53. The highest BCUT2D eigenvalue weighted by atomic mass is 19.1. The monoisotopic (exact) mass is 485 g/mol. The Kier molecular flexibility index (Phi) is 6.81. The number of halogens is 1. The number of carbonyl (C=O) groups excluding carboxylic acids is 1.